The Morgan fingerprint density at radius 1 is 1.32 bits per heavy atom. The van der Waals surface area contributed by atoms with Crippen LogP contribution < -0.4 is 11.1 Å². The van der Waals surface area contributed by atoms with Gasteiger partial charge in [0.1, 0.15) is 0 Å². The van der Waals surface area contributed by atoms with Crippen molar-refractivity contribution in [2.75, 3.05) is 31.6 Å². The van der Waals surface area contributed by atoms with Gasteiger partial charge in [-0.05, 0) is 36.3 Å². The van der Waals surface area contributed by atoms with E-state index in [1.54, 1.807) is 0 Å². The van der Waals surface area contributed by atoms with Crippen LogP contribution in [0.1, 0.15) is 38.2 Å². The van der Waals surface area contributed by atoms with E-state index in [9.17, 15) is 0 Å². The molecule has 1 aromatic heterocycles. The van der Waals surface area contributed by atoms with Gasteiger partial charge in [-0.1, -0.05) is 13.8 Å². The lowest BCUT2D eigenvalue weighted by molar-refractivity contribution is 0.0852. The van der Waals surface area contributed by atoms with Crippen molar-refractivity contribution in [2.45, 2.75) is 32.6 Å². The Morgan fingerprint density at radius 3 is 2.53 bits per heavy atom. The minimum atomic E-state index is 0.0583. The Morgan fingerprint density at radius 2 is 1.95 bits per heavy atom. The summed E-state index contributed by atoms with van der Waals surface area (Å²) in [4.78, 5) is 8.77. The van der Waals surface area contributed by atoms with E-state index in [-0.39, 0.29) is 5.41 Å². The van der Waals surface area contributed by atoms with E-state index in [4.69, 9.17) is 10.5 Å². The number of aromatic nitrogens is 2. The molecule has 1 fully saturated rings. The molecule has 0 aliphatic carbocycles. The van der Waals surface area contributed by atoms with E-state index in [1.807, 2.05) is 12.4 Å². The highest BCUT2D eigenvalue weighted by Crippen LogP contribution is 2.25. The zero-order chi connectivity index (χ0) is 13.7. The summed E-state index contributed by atoms with van der Waals surface area (Å²) in [6.45, 7) is 7.35. The Kier molecular flexibility index (Phi) is 4.71. The van der Waals surface area contributed by atoms with Crippen molar-refractivity contribution in [1.82, 2.24) is 9.97 Å². The Hall–Kier alpha value is -1.20. The predicted octanol–water partition coefficient (Wildman–Crippen LogP) is 1.77. The van der Waals surface area contributed by atoms with Gasteiger partial charge in [-0.2, -0.15) is 0 Å². The zero-order valence-corrected chi connectivity index (χ0v) is 11.9. The lowest BCUT2D eigenvalue weighted by Gasteiger charge is -2.23. The molecule has 1 aromatic rings. The van der Waals surface area contributed by atoms with Gasteiger partial charge in [0, 0.05) is 32.2 Å². The fourth-order valence-electron chi connectivity index (χ4n) is 2.06. The molecule has 0 radical (unpaired) electrons. The summed E-state index contributed by atoms with van der Waals surface area (Å²) < 4.78 is 5.37. The third-order valence-electron chi connectivity index (χ3n) is 3.64. The molecular formula is C14H24N4O. The number of nitrogens with one attached hydrogen (secondary N) is 1. The summed E-state index contributed by atoms with van der Waals surface area (Å²) in [5.74, 6) is 1.22. The fraction of sp³-hybridized carbons (Fsp3) is 0.714. The third kappa shape index (κ3) is 4.14. The molecule has 0 saturated carbocycles. The molecule has 0 spiro atoms. The highest BCUT2D eigenvalue weighted by Gasteiger charge is 2.18. The smallest absolute Gasteiger partial charge is 0.222 e. The molecule has 0 unspecified atom stereocenters. The highest BCUT2D eigenvalue weighted by molar-refractivity contribution is 5.26. The van der Waals surface area contributed by atoms with Crippen molar-refractivity contribution in [3.8, 4) is 0 Å². The largest absolute Gasteiger partial charge is 0.381 e. The van der Waals surface area contributed by atoms with Gasteiger partial charge in [0.2, 0.25) is 5.95 Å². The summed E-state index contributed by atoms with van der Waals surface area (Å²) in [6, 6.07) is 0. The number of ether oxygens (including phenoxy) is 1. The van der Waals surface area contributed by atoms with Crippen molar-refractivity contribution in [3.05, 3.63) is 18.0 Å². The first-order chi connectivity index (χ1) is 9.11. The van der Waals surface area contributed by atoms with Crippen LogP contribution in [-0.2, 0) is 4.74 Å². The van der Waals surface area contributed by atoms with E-state index in [0.717, 1.165) is 32.6 Å². The molecule has 2 heterocycles. The molecule has 106 valence electrons. The lowest BCUT2D eigenvalue weighted by atomic mass is 9.94. The maximum Gasteiger partial charge on any atom is 0.222 e. The SMILES string of the molecule is CC(C)(CN)CNc1ncc(C2CCOCC2)cn1. The number of hydrogen-bond acceptors (Lipinski definition) is 5. The summed E-state index contributed by atoms with van der Waals surface area (Å²) in [6.07, 6.45) is 5.99. The number of hydrogen-bond donors (Lipinski definition) is 2. The summed E-state index contributed by atoms with van der Waals surface area (Å²) >= 11 is 0. The van der Waals surface area contributed by atoms with E-state index < -0.39 is 0 Å². The molecule has 0 bridgehead atoms. The highest BCUT2D eigenvalue weighted by atomic mass is 16.5. The van der Waals surface area contributed by atoms with Crippen LogP contribution in [-0.4, -0.2) is 36.3 Å². The van der Waals surface area contributed by atoms with Crippen LogP contribution in [0.5, 0.6) is 0 Å². The fourth-order valence-corrected chi connectivity index (χ4v) is 2.06. The predicted molar refractivity (Wildman–Crippen MR) is 76.2 cm³/mol. The Balaban J connectivity index is 1.91. The number of anilines is 1. The first-order valence-corrected chi connectivity index (χ1v) is 6.94. The molecule has 5 nitrogen and oxygen atoms in total. The van der Waals surface area contributed by atoms with Crippen LogP contribution >= 0.6 is 0 Å². The van der Waals surface area contributed by atoms with Gasteiger partial charge in [0.25, 0.3) is 0 Å². The van der Waals surface area contributed by atoms with Gasteiger partial charge in [0.15, 0.2) is 0 Å². The molecule has 3 N–H and O–H groups in total. The van der Waals surface area contributed by atoms with Gasteiger partial charge < -0.3 is 15.8 Å². The molecule has 1 aliphatic heterocycles. The summed E-state index contributed by atoms with van der Waals surface area (Å²) in [5, 5.41) is 3.24. The monoisotopic (exact) mass is 264 g/mol. The van der Waals surface area contributed by atoms with Crippen molar-refractivity contribution >= 4 is 5.95 Å². The van der Waals surface area contributed by atoms with Crippen LogP contribution in [0.2, 0.25) is 0 Å². The molecule has 0 atom stereocenters. The molecule has 1 saturated heterocycles. The van der Waals surface area contributed by atoms with Crippen molar-refractivity contribution in [3.63, 3.8) is 0 Å². The van der Waals surface area contributed by atoms with Gasteiger partial charge in [-0.3, -0.25) is 0 Å². The average molecular weight is 264 g/mol. The van der Waals surface area contributed by atoms with Crippen LogP contribution in [0.25, 0.3) is 0 Å². The Labute approximate surface area is 115 Å². The van der Waals surface area contributed by atoms with Crippen LogP contribution in [0, 0.1) is 5.41 Å². The number of nitrogens with zero attached hydrogens (tertiary/aromatic N) is 2. The second-order valence-corrected chi connectivity index (χ2v) is 5.95. The van der Waals surface area contributed by atoms with Crippen molar-refractivity contribution in [1.29, 1.82) is 0 Å². The molecule has 5 heteroatoms. The molecule has 0 aromatic carbocycles. The lowest BCUT2D eigenvalue weighted by Crippen LogP contribution is -2.31. The molecular weight excluding hydrogens is 240 g/mol. The van der Waals surface area contributed by atoms with E-state index >= 15 is 0 Å². The van der Waals surface area contributed by atoms with Crippen LogP contribution in [0.4, 0.5) is 5.95 Å². The Bertz CT molecular complexity index is 385. The van der Waals surface area contributed by atoms with Crippen molar-refractivity contribution < 1.29 is 4.74 Å². The van der Waals surface area contributed by atoms with Crippen molar-refractivity contribution in [2.24, 2.45) is 11.1 Å². The minimum Gasteiger partial charge on any atom is -0.381 e. The molecule has 2 rings (SSSR count). The second kappa shape index (κ2) is 6.30. The van der Waals surface area contributed by atoms with E-state index in [1.165, 1.54) is 5.56 Å². The molecule has 19 heavy (non-hydrogen) atoms. The first-order valence-electron chi connectivity index (χ1n) is 6.94. The summed E-state index contributed by atoms with van der Waals surface area (Å²) in [5.41, 5.74) is 6.97. The van der Waals surface area contributed by atoms with Crippen LogP contribution in [0.3, 0.4) is 0 Å². The van der Waals surface area contributed by atoms with Crippen LogP contribution in [0.15, 0.2) is 12.4 Å². The maximum atomic E-state index is 5.70. The minimum absolute atomic E-state index is 0.0583. The van der Waals surface area contributed by atoms with Gasteiger partial charge in [-0.25, -0.2) is 9.97 Å². The first kappa shape index (κ1) is 14.2. The maximum absolute atomic E-state index is 5.70. The standard InChI is InChI=1S/C14H24N4O/c1-14(2,9-15)10-18-13-16-7-12(8-17-13)11-3-5-19-6-4-11/h7-8,11H,3-6,9-10,15H2,1-2H3,(H,16,17,18). The normalized spacial score (nSPS) is 17.4. The topological polar surface area (TPSA) is 73.1 Å². The second-order valence-electron chi connectivity index (χ2n) is 5.95. The molecule has 1 aliphatic rings. The van der Waals surface area contributed by atoms with Gasteiger partial charge in [0.05, 0.1) is 0 Å². The third-order valence-corrected chi connectivity index (χ3v) is 3.64. The number of rotatable bonds is 5. The molecule has 0 amide bonds. The quantitative estimate of drug-likeness (QED) is 0.848. The van der Waals surface area contributed by atoms with E-state index in [0.29, 0.717) is 18.4 Å². The number of nitrogens with two attached hydrogens (primary N) is 1. The van der Waals surface area contributed by atoms with E-state index in [2.05, 4.69) is 29.1 Å². The summed E-state index contributed by atoms with van der Waals surface area (Å²) in [7, 11) is 0. The van der Waals surface area contributed by atoms with Gasteiger partial charge in [-0.15, -0.1) is 0 Å². The average Bonchev–Trinajstić information content (AvgIpc) is 2.47. The van der Waals surface area contributed by atoms with Gasteiger partial charge >= 0.3 is 0 Å². The zero-order valence-electron chi connectivity index (χ0n) is 11.9.